The van der Waals surface area contributed by atoms with Crippen LogP contribution in [-0.2, 0) is 16.1 Å². The normalized spacial score (nSPS) is 10.4. The van der Waals surface area contributed by atoms with Crippen LogP contribution in [0.5, 0.6) is 0 Å². The van der Waals surface area contributed by atoms with E-state index in [0.717, 1.165) is 4.88 Å². The molecular weight excluding hydrogens is 268 g/mol. The Hall–Kier alpha value is -2.22. The average Bonchev–Trinajstić information content (AvgIpc) is 2.96. The monoisotopic (exact) mass is 280 g/mol. The molecule has 2 rings (SSSR count). The summed E-state index contributed by atoms with van der Waals surface area (Å²) in [6.45, 7) is 1.81. The topological polar surface area (TPSA) is 100 Å². The van der Waals surface area contributed by atoms with Gasteiger partial charge in [0.05, 0.1) is 11.5 Å². The molecule has 100 valence electrons. The number of nitrogens with zero attached hydrogens (tertiary/aromatic N) is 3. The van der Waals surface area contributed by atoms with Gasteiger partial charge in [-0.15, -0.1) is 16.4 Å². The van der Waals surface area contributed by atoms with Crippen molar-refractivity contribution >= 4 is 23.2 Å². The van der Waals surface area contributed by atoms with Crippen molar-refractivity contribution in [3.8, 4) is 10.6 Å². The van der Waals surface area contributed by atoms with Gasteiger partial charge in [0.1, 0.15) is 12.2 Å². The van der Waals surface area contributed by atoms with Crippen LogP contribution in [0.3, 0.4) is 0 Å². The molecule has 0 radical (unpaired) electrons. The lowest BCUT2D eigenvalue weighted by Crippen LogP contribution is -2.20. The van der Waals surface area contributed by atoms with E-state index in [0.29, 0.717) is 5.69 Å². The number of primary amides is 1. The molecule has 2 N–H and O–H groups in total. The van der Waals surface area contributed by atoms with Gasteiger partial charge in [0, 0.05) is 0 Å². The van der Waals surface area contributed by atoms with Gasteiger partial charge in [-0.05, 0) is 18.4 Å². The number of carbonyl (C=O) groups is 2. The predicted octanol–water partition coefficient (Wildman–Crippen LogP) is 0.669. The van der Waals surface area contributed by atoms with Crippen molar-refractivity contribution in [2.24, 2.45) is 5.73 Å². The molecule has 1 amide bonds. The minimum Gasteiger partial charge on any atom is -0.461 e. The lowest BCUT2D eigenvalue weighted by atomic mass is 10.2. The molecule has 0 aliphatic carbocycles. The van der Waals surface area contributed by atoms with E-state index >= 15 is 0 Å². The number of carbonyl (C=O) groups excluding carboxylic acids is 2. The number of aromatic nitrogens is 3. The SMILES string of the molecule is CCOC(=O)c1nnn(CC(N)=O)c1-c1cccs1. The molecule has 0 bridgehead atoms. The third kappa shape index (κ3) is 2.79. The van der Waals surface area contributed by atoms with Crippen molar-refractivity contribution in [2.45, 2.75) is 13.5 Å². The van der Waals surface area contributed by atoms with E-state index in [1.807, 2.05) is 17.5 Å². The number of thiophene rings is 1. The van der Waals surface area contributed by atoms with E-state index in [-0.39, 0.29) is 18.8 Å². The third-order valence-electron chi connectivity index (χ3n) is 2.26. The fourth-order valence-electron chi connectivity index (χ4n) is 1.57. The number of rotatable bonds is 5. The maximum absolute atomic E-state index is 11.8. The van der Waals surface area contributed by atoms with E-state index in [1.54, 1.807) is 6.92 Å². The minimum atomic E-state index is -0.568. The second kappa shape index (κ2) is 5.61. The minimum absolute atomic E-state index is 0.0885. The van der Waals surface area contributed by atoms with Gasteiger partial charge in [0.2, 0.25) is 5.91 Å². The van der Waals surface area contributed by atoms with Gasteiger partial charge < -0.3 is 10.5 Å². The maximum Gasteiger partial charge on any atom is 0.361 e. The highest BCUT2D eigenvalue weighted by molar-refractivity contribution is 7.13. The Morgan fingerprint density at radius 2 is 2.32 bits per heavy atom. The molecule has 19 heavy (non-hydrogen) atoms. The Morgan fingerprint density at radius 3 is 2.89 bits per heavy atom. The van der Waals surface area contributed by atoms with E-state index in [9.17, 15) is 9.59 Å². The first-order chi connectivity index (χ1) is 9.13. The van der Waals surface area contributed by atoms with Crippen LogP contribution in [0.1, 0.15) is 17.4 Å². The van der Waals surface area contributed by atoms with Crippen LogP contribution in [-0.4, -0.2) is 33.5 Å². The molecule has 0 unspecified atom stereocenters. The highest BCUT2D eigenvalue weighted by Gasteiger charge is 2.23. The maximum atomic E-state index is 11.8. The fourth-order valence-corrected chi connectivity index (χ4v) is 2.34. The van der Waals surface area contributed by atoms with Gasteiger partial charge in [-0.1, -0.05) is 11.3 Å². The van der Waals surface area contributed by atoms with E-state index in [4.69, 9.17) is 10.5 Å². The van der Waals surface area contributed by atoms with E-state index < -0.39 is 11.9 Å². The summed E-state index contributed by atoms with van der Waals surface area (Å²) in [5, 5.41) is 9.42. The lowest BCUT2D eigenvalue weighted by molar-refractivity contribution is -0.118. The van der Waals surface area contributed by atoms with Crippen LogP contribution in [0, 0.1) is 0 Å². The Balaban J connectivity index is 2.47. The zero-order valence-corrected chi connectivity index (χ0v) is 11.0. The second-order valence-corrected chi connectivity index (χ2v) is 4.56. The largest absolute Gasteiger partial charge is 0.461 e. The molecule has 0 atom stereocenters. The number of ether oxygens (including phenoxy) is 1. The average molecular weight is 280 g/mol. The molecule has 0 saturated carbocycles. The summed E-state index contributed by atoms with van der Waals surface area (Å²) in [4.78, 5) is 23.6. The summed E-state index contributed by atoms with van der Waals surface area (Å²) < 4.78 is 6.22. The van der Waals surface area contributed by atoms with Crippen molar-refractivity contribution in [3.05, 3.63) is 23.2 Å². The van der Waals surface area contributed by atoms with Crippen molar-refractivity contribution in [1.82, 2.24) is 15.0 Å². The number of esters is 1. The molecule has 0 aliphatic heterocycles. The molecule has 2 aromatic heterocycles. The first-order valence-corrected chi connectivity index (χ1v) is 6.44. The first-order valence-electron chi connectivity index (χ1n) is 5.56. The smallest absolute Gasteiger partial charge is 0.361 e. The molecule has 0 aliphatic rings. The van der Waals surface area contributed by atoms with Gasteiger partial charge >= 0.3 is 5.97 Å². The Morgan fingerprint density at radius 1 is 1.53 bits per heavy atom. The number of nitrogens with two attached hydrogens (primary N) is 1. The van der Waals surface area contributed by atoms with Crippen LogP contribution >= 0.6 is 11.3 Å². The molecule has 0 spiro atoms. The quantitative estimate of drug-likeness (QED) is 0.811. The van der Waals surface area contributed by atoms with Crippen LogP contribution in [0.4, 0.5) is 0 Å². The Kier molecular flexibility index (Phi) is 3.91. The Bertz CT molecular complexity index is 591. The zero-order valence-electron chi connectivity index (χ0n) is 10.2. The van der Waals surface area contributed by atoms with Crippen molar-refractivity contribution < 1.29 is 14.3 Å². The van der Waals surface area contributed by atoms with Gasteiger partial charge in [0.25, 0.3) is 0 Å². The van der Waals surface area contributed by atoms with Gasteiger partial charge in [-0.3, -0.25) is 4.79 Å². The zero-order chi connectivity index (χ0) is 13.8. The molecule has 2 aromatic rings. The van der Waals surface area contributed by atoms with Gasteiger partial charge in [0.15, 0.2) is 5.69 Å². The van der Waals surface area contributed by atoms with Gasteiger partial charge in [-0.2, -0.15) is 0 Å². The molecule has 0 saturated heterocycles. The summed E-state index contributed by atoms with van der Waals surface area (Å²) >= 11 is 1.41. The van der Waals surface area contributed by atoms with Gasteiger partial charge in [-0.25, -0.2) is 9.48 Å². The predicted molar refractivity (Wildman–Crippen MR) is 68.5 cm³/mol. The molecule has 0 fully saturated rings. The van der Waals surface area contributed by atoms with Crippen molar-refractivity contribution in [3.63, 3.8) is 0 Å². The molecular formula is C11H12N4O3S. The molecule has 0 aromatic carbocycles. The first kappa shape index (κ1) is 13.2. The Labute approximate surface area is 113 Å². The standard InChI is InChI=1S/C11H12N4O3S/c1-2-18-11(17)9-10(7-4-3-5-19-7)15(14-13-9)6-8(12)16/h3-5H,2,6H2,1H3,(H2,12,16). The summed E-state index contributed by atoms with van der Waals surface area (Å²) in [5.74, 6) is -1.13. The van der Waals surface area contributed by atoms with Crippen molar-refractivity contribution in [1.29, 1.82) is 0 Å². The summed E-state index contributed by atoms with van der Waals surface area (Å²) in [7, 11) is 0. The number of hydrogen-bond acceptors (Lipinski definition) is 6. The number of hydrogen-bond donors (Lipinski definition) is 1. The highest BCUT2D eigenvalue weighted by Crippen LogP contribution is 2.27. The summed E-state index contributed by atoms with van der Waals surface area (Å²) in [6.07, 6.45) is 0. The third-order valence-corrected chi connectivity index (χ3v) is 3.14. The van der Waals surface area contributed by atoms with Crippen LogP contribution in [0.15, 0.2) is 17.5 Å². The second-order valence-electron chi connectivity index (χ2n) is 3.61. The summed E-state index contributed by atoms with van der Waals surface area (Å²) in [5.41, 5.74) is 5.69. The van der Waals surface area contributed by atoms with E-state index in [1.165, 1.54) is 16.0 Å². The van der Waals surface area contributed by atoms with Crippen LogP contribution < -0.4 is 5.73 Å². The molecule has 8 heteroatoms. The van der Waals surface area contributed by atoms with Crippen LogP contribution in [0.25, 0.3) is 10.6 Å². The number of amides is 1. The molecule has 2 heterocycles. The van der Waals surface area contributed by atoms with Crippen LogP contribution in [0.2, 0.25) is 0 Å². The molecule has 7 nitrogen and oxygen atoms in total. The fraction of sp³-hybridized carbons (Fsp3) is 0.273. The summed E-state index contributed by atoms with van der Waals surface area (Å²) in [6, 6.07) is 3.64. The van der Waals surface area contributed by atoms with E-state index in [2.05, 4.69) is 10.3 Å². The van der Waals surface area contributed by atoms with Crippen molar-refractivity contribution in [2.75, 3.05) is 6.61 Å². The lowest BCUT2D eigenvalue weighted by Gasteiger charge is -2.04. The highest BCUT2D eigenvalue weighted by atomic mass is 32.1.